The van der Waals surface area contributed by atoms with Crippen LogP contribution in [-0.2, 0) is 43.2 Å². The first-order chi connectivity index (χ1) is 28.9. The molecule has 4 aliphatic rings. The number of fused-ring (bicyclic) bond motifs is 6. The number of cyclic esters (lactones) is 1. The summed E-state index contributed by atoms with van der Waals surface area (Å²) in [4.78, 5) is 54.1. The molecular formula is C46H58N8O5S. The van der Waals surface area contributed by atoms with Crippen molar-refractivity contribution in [2.45, 2.75) is 110 Å². The lowest BCUT2D eigenvalue weighted by Gasteiger charge is -2.36. The predicted molar refractivity (Wildman–Crippen MR) is 231 cm³/mol. The van der Waals surface area contributed by atoms with Gasteiger partial charge in [0.1, 0.15) is 12.1 Å². The summed E-state index contributed by atoms with van der Waals surface area (Å²) in [7, 11) is 3.91. The third-order valence-electron chi connectivity index (χ3n) is 13.2. The lowest BCUT2D eigenvalue weighted by Crippen LogP contribution is -2.61. The lowest BCUT2D eigenvalue weighted by atomic mass is 9.74. The third kappa shape index (κ3) is 8.34. The van der Waals surface area contributed by atoms with E-state index in [1.807, 2.05) is 5.38 Å². The van der Waals surface area contributed by atoms with Crippen molar-refractivity contribution in [3.05, 3.63) is 57.7 Å². The van der Waals surface area contributed by atoms with Crippen LogP contribution in [0.15, 0.2) is 35.8 Å². The molecule has 4 aromatic rings. The van der Waals surface area contributed by atoms with Crippen LogP contribution < -0.4 is 10.7 Å². The Kier molecular flexibility index (Phi) is 12.2. The maximum Gasteiger partial charge on any atom is 0.324 e. The highest BCUT2D eigenvalue weighted by molar-refractivity contribution is 7.10. The van der Waals surface area contributed by atoms with E-state index in [9.17, 15) is 19.6 Å². The van der Waals surface area contributed by atoms with Gasteiger partial charge >= 0.3 is 5.97 Å². The zero-order chi connectivity index (χ0) is 42.3. The van der Waals surface area contributed by atoms with E-state index in [1.54, 1.807) is 7.11 Å². The molecule has 1 aromatic carbocycles. The van der Waals surface area contributed by atoms with E-state index in [2.05, 4.69) is 91.5 Å². The summed E-state index contributed by atoms with van der Waals surface area (Å²) < 4.78 is 14.5. The number of hydrogen-bond donors (Lipinski definition) is 2. The van der Waals surface area contributed by atoms with Crippen molar-refractivity contribution in [1.82, 2.24) is 35.2 Å². The molecule has 2 amide bonds. The molecule has 6 heterocycles. The SMILES string of the molecule is CCn1c(-c2cc(C3CCN(C)CC3)cnc2[C@H](C)OC)c2c3cc(ccc31)-c1csc(n1)C[C@H](NC(=O)[C@@H]1CC[C@H]1C#N)C(=O)N1CCC[C@H](N1)C(=O)OCC(C)(C)C2. The number of nitrogens with zero attached hydrogens (tertiary/aromatic N) is 6. The van der Waals surface area contributed by atoms with Crippen LogP contribution in [0.2, 0.25) is 0 Å². The molecule has 2 N–H and O–H groups in total. The van der Waals surface area contributed by atoms with Gasteiger partial charge in [0.05, 0.1) is 52.7 Å². The van der Waals surface area contributed by atoms with Gasteiger partial charge in [0.25, 0.3) is 5.91 Å². The predicted octanol–water partition coefficient (Wildman–Crippen LogP) is 6.56. The third-order valence-corrected chi connectivity index (χ3v) is 14.1. The molecule has 60 heavy (non-hydrogen) atoms. The second kappa shape index (κ2) is 17.4. The minimum Gasteiger partial charge on any atom is -0.464 e. The van der Waals surface area contributed by atoms with Gasteiger partial charge in [-0.3, -0.25) is 24.4 Å². The van der Waals surface area contributed by atoms with Gasteiger partial charge in [-0.05, 0) is 114 Å². The summed E-state index contributed by atoms with van der Waals surface area (Å²) in [5, 5.41) is 17.8. The summed E-state index contributed by atoms with van der Waals surface area (Å²) in [6.07, 6.45) is 7.13. The number of likely N-dealkylation sites (tertiary alicyclic amines) is 1. The largest absolute Gasteiger partial charge is 0.464 e. The molecule has 0 unspecified atom stereocenters. The number of aromatic nitrogens is 3. The van der Waals surface area contributed by atoms with E-state index >= 15 is 0 Å². The Bertz CT molecular complexity index is 2300. The monoisotopic (exact) mass is 834 g/mol. The number of benzene rings is 1. The number of pyridine rings is 1. The molecule has 14 heteroatoms. The van der Waals surface area contributed by atoms with Crippen LogP contribution in [0.3, 0.4) is 0 Å². The van der Waals surface area contributed by atoms with Crippen LogP contribution >= 0.6 is 11.3 Å². The molecular weight excluding hydrogens is 777 g/mol. The average Bonchev–Trinajstić information content (AvgIpc) is 3.83. The molecule has 3 aliphatic heterocycles. The minimum atomic E-state index is -0.936. The molecule has 0 spiro atoms. The summed E-state index contributed by atoms with van der Waals surface area (Å²) in [6, 6.07) is 9.44. The number of nitrogens with one attached hydrogen (secondary N) is 2. The summed E-state index contributed by atoms with van der Waals surface area (Å²) >= 11 is 1.45. The Balaban J connectivity index is 1.25. The van der Waals surface area contributed by atoms with Crippen LogP contribution in [0, 0.1) is 28.6 Å². The molecule has 3 aromatic heterocycles. The zero-order valence-electron chi connectivity index (χ0n) is 35.8. The van der Waals surface area contributed by atoms with Gasteiger partial charge in [0.2, 0.25) is 5.91 Å². The molecule has 3 fully saturated rings. The Labute approximate surface area is 356 Å². The number of carbonyl (C=O) groups excluding carboxylic acids is 3. The zero-order valence-corrected chi connectivity index (χ0v) is 36.6. The number of piperidine rings is 1. The molecule has 8 rings (SSSR count). The van der Waals surface area contributed by atoms with Gasteiger partial charge in [-0.2, -0.15) is 5.26 Å². The number of hydrogen-bond acceptors (Lipinski definition) is 11. The molecule has 1 aliphatic carbocycles. The van der Waals surface area contributed by atoms with E-state index < -0.39 is 29.4 Å². The van der Waals surface area contributed by atoms with E-state index in [0.717, 1.165) is 77.2 Å². The second-order valence-corrected chi connectivity index (χ2v) is 19.0. The number of aryl methyl sites for hydroxylation is 1. The smallest absolute Gasteiger partial charge is 0.324 e. The number of esters is 1. The molecule has 6 bridgehead atoms. The first kappa shape index (κ1) is 42.0. The van der Waals surface area contributed by atoms with Gasteiger partial charge in [-0.15, -0.1) is 11.3 Å². The molecule has 1 saturated carbocycles. The van der Waals surface area contributed by atoms with Crippen LogP contribution in [0.4, 0.5) is 0 Å². The summed E-state index contributed by atoms with van der Waals surface area (Å²) in [5.41, 5.74) is 10.9. The number of ether oxygens (including phenoxy) is 2. The fourth-order valence-electron chi connectivity index (χ4n) is 9.44. The number of methoxy groups -OCH3 is 1. The Morgan fingerprint density at radius 1 is 1.15 bits per heavy atom. The van der Waals surface area contributed by atoms with Crippen molar-refractivity contribution >= 4 is 40.0 Å². The average molecular weight is 835 g/mol. The number of thiazole rings is 1. The van der Waals surface area contributed by atoms with Gasteiger partial charge in [-0.25, -0.2) is 10.4 Å². The van der Waals surface area contributed by atoms with Gasteiger partial charge in [0.15, 0.2) is 0 Å². The van der Waals surface area contributed by atoms with Crippen LogP contribution in [0.5, 0.6) is 0 Å². The number of carbonyl (C=O) groups is 3. The number of rotatable bonds is 7. The molecule has 318 valence electrons. The van der Waals surface area contributed by atoms with Crippen LogP contribution in [0.1, 0.15) is 100 Å². The topological polar surface area (TPSA) is 155 Å². The van der Waals surface area contributed by atoms with Crippen molar-refractivity contribution in [3.8, 4) is 28.6 Å². The maximum atomic E-state index is 14.2. The second-order valence-electron chi connectivity index (χ2n) is 18.0. The standard InChI is InChI=1S/C46H58N8O5S/c1-7-53-39-13-11-29-19-33(39)35(42(53)34-20-31(24-48-41(34)27(2)58-6)28-14-17-52(5)18-15-28)22-46(3,4)26-59-45(57)36-9-8-16-54(51-36)44(56)37(21-40-49-38(29)25-60-40)50-43(55)32-12-10-30(32)23-47/h11,13,19-20,24-25,27-28,30,32,36-37,51H,7-10,12,14-18,21-22,26H2,1-6H3,(H,50,55)/t27-,30-,32+,36-,37-/m0/s1. The van der Waals surface area contributed by atoms with Crippen molar-refractivity contribution in [1.29, 1.82) is 5.26 Å². The first-order valence-corrected chi connectivity index (χ1v) is 22.5. The maximum absolute atomic E-state index is 14.2. The fourth-order valence-corrected chi connectivity index (χ4v) is 10.3. The van der Waals surface area contributed by atoms with Crippen molar-refractivity contribution < 1.29 is 23.9 Å². The van der Waals surface area contributed by atoms with E-state index in [4.69, 9.17) is 19.4 Å². The lowest BCUT2D eigenvalue weighted by molar-refractivity contribution is -0.155. The number of hydrazine groups is 1. The van der Waals surface area contributed by atoms with Gasteiger partial charge < -0.3 is 24.3 Å². The van der Waals surface area contributed by atoms with E-state index in [0.29, 0.717) is 49.6 Å². The highest BCUT2D eigenvalue weighted by atomic mass is 32.1. The molecule has 5 atom stereocenters. The fraction of sp³-hybridized carbons (Fsp3) is 0.565. The molecule has 13 nitrogen and oxygen atoms in total. The van der Waals surface area contributed by atoms with E-state index in [1.165, 1.54) is 21.9 Å². The van der Waals surface area contributed by atoms with Crippen molar-refractivity contribution in [2.24, 2.45) is 17.3 Å². The minimum absolute atomic E-state index is 0.167. The first-order valence-electron chi connectivity index (χ1n) is 21.6. The van der Waals surface area contributed by atoms with Crippen molar-refractivity contribution in [2.75, 3.05) is 40.4 Å². The highest BCUT2D eigenvalue weighted by Crippen LogP contribution is 2.43. The highest BCUT2D eigenvalue weighted by Gasteiger charge is 2.40. The summed E-state index contributed by atoms with van der Waals surface area (Å²) in [5.74, 6) is -1.46. The number of amides is 2. The Morgan fingerprint density at radius 2 is 1.95 bits per heavy atom. The number of nitriles is 1. The van der Waals surface area contributed by atoms with Gasteiger partial charge in [0, 0.05) is 65.6 Å². The molecule has 0 radical (unpaired) electrons. The van der Waals surface area contributed by atoms with Gasteiger partial charge in [-0.1, -0.05) is 19.9 Å². The van der Waals surface area contributed by atoms with Crippen LogP contribution in [-0.4, -0.2) is 94.7 Å². The van der Waals surface area contributed by atoms with E-state index in [-0.39, 0.29) is 36.9 Å². The van der Waals surface area contributed by atoms with Crippen LogP contribution in [0.25, 0.3) is 33.4 Å². The molecule has 2 saturated heterocycles. The van der Waals surface area contributed by atoms with Crippen molar-refractivity contribution in [3.63, 3.8) is 0 Å². The summed E-state index contributed by atoms with van der Waals surface area (Å²) in [6.45, 7) is 11.9. The quantitative estimate of drug-likeness (QED) is 0.196. The normalized spacial score (nSPS) is 24.6. The Hall–Kier alpha value is -4.68. The Morgan fingerprint density at radius 3 is 2.67 bits per heavy atom.